The van der Waals surface area contributed by atoms with E-state index >= 15 is 0 Å². The molecule has 1 rings (SSSR count). The molecule has 0 unspecified atom stereocenters. The number of urea groups is 1. The van der Waals surface area contributed by atoms with Gasteiger partial charge in [0.25, 0.3) is 5.91 Å². The summed E-state index contributed by atoms with van der Waals surface area (Å²) >= 11 is 0. The van der Waals surface area contributed by atoms with Gasteiger partial charge in [-0.05, 0) is 6.92 Å². The summed E-state index contributed by atoms with van der Waals surface area (Å²) in [6.07, 6.45) is 0.508. The Labute approximate surface area is 118 Å². The van der Waals surface area contributed by atoms with E-state index in [2.05, 4.69) is 5.32 Å². The predicted octanol–water partition coefficient (Wildman–Crippen LogP) is -0.597. The van der Waals surface area contributed by atoms with Crippen LogP contribution in [-0.2, 0) is 14.4 Å². The molecule has 0 aromatic rings. The van der Waals surface area contributed by atoms with E-state index in [0.29, 0.717) is 17.8 Å². The van der Waals surface area contributed by atoms with Gasteiger partial charge in [0.2, 0.25) is 0 Å². The molecule has 1 aliphatic heterocycles. The normalized spacial score (nSPS) is 20.3. The highest BCUT2D eigenvalue weighted by atomic mass is 33.1. The molecule has 1 aliphatic rings. The summed E-state index contributed by atoms with van der Waals surface area (Å²) in [4.78, 5) is 45.2. The molecule has 0 spiro atoms. The summed E-state index contributed by atoms with van der Waals surface area (Å²) in [5.74, 6) is 0.332. The Morgan fingerprint density at radius 3 is 2.79 bits per heavy atom. The minimum atomic E-state index is -0.626. The number of imide groups is 1. The molecule has 0 radical (unpaired) electrons. The molecule has 7 nitrogen and oxygen atoms in total. The number of nitrogens with one attached hydrogen (secondary N) is 1. The van der Waals surface area contributed by atoms with Gasteiger partial charge < -0.3 is 15.8 Å². The first-order valence-electron chi connectivity index (χ1n) is 5.53. The van der Waals surface area contributed by atoms with E-state index in [9.17, 15) is 19.2 Å². The summed E-state index contributed by atoms with van der Waals surface area (Å²) in [6.45, 7) is 1.20. The number of amides is 3. The molecule has 1 heterocycles. The fourth-order valence-corrected chi connectivity index (χ4v) is 3.65. The Hall–Kier alpha value is -1.06. The predicted molar refractivity (Wildman–Crippen MR) is 73.7 cm³/mol. The van der Waals surface area contributed by atoms with Gasteiger partial charge in [-0.15, -0.1) is 0 Å². The van der Waals surface area contributed by atoms with Crippen molar-refractivity contribution in [2.75, 3.05) is 18.1 Å². The number of nitrogens with zero attached hydrogens (tertiary/aromatic N) is 1. The highest BCUT2D eigenvalue weighted by molar-refractivity contribution is 8.76. The molecule has 0 aromatic heterocycles. The topological polar surface area (TPSA) is 110 Å². The monoisotopic (exact) mass is 305 g/mol. The minimum Gasteiger partial charge on any atom is -0.325 e. The second-order valence-electron chi connectivity index (χ2n) is 3.90. The van der Waals surface area contributed by atoms with Gasteiger partial charge in [0.05, 0.1) is 12.6 Å². The fourth-order valence-electron chi connectivity index (χ4n) is 1.29. The van der Waals surface area contributed by atoms with Crippen LogP contribution in [0.5, 0.6) is 0 Å². The molecule has 0 aromatic carbocycles. The van der Waals surface area contributed by atoms with Crippen molar-refractivity contribution in [2.45, 2.75) is 19.0 Å². The van der Waals surface area contributed by atoms with Gasteiger partial charge in [0.1, 0.15) is 18.1 Å². The molecule has 0 aliphatic carbocycles. The number of hydrogen-bond donors (Lipinski definition) is 2. The Morgan fingerprint density at radius 2 is 2.21 bits per heavy atom. The molecule has 9 heteroatoms. The van der Waals surface area contributed by atoms with Crippen LogP contribution in [0.15, 0.2) is 0 Å². The van der Waals surface area contributed by atoms with Crippen LogP contribution in [0.2, 0.25) is 0 Å². The third-order valence-electron chi connectivity index (χ3n) is 2.45. The highest BCUT2D eigenvalue weighted by Gasteiger charge is 2.37. The van der Waals surface area contributed by atoms with Crippen LogP contribution in [0, 0.1) is 0 Å². The summed E-state index contributed by atoms with van der Waals surface area (Å²) < 4.78 is 0. The van der Waals surface area contributed by atoms with E-state index in [1.54, 1.807) is 0 Å². The standard InChI is InChI=1S/C10H15N3O4S2/c1-6(15)7(11)4-18-19-5-8-9(16)13(2-3-14)10(17)12-8/h3,7-8H,2,4-5,11H2,1H3,(H,12,17)/t7-,8-/m0/s1. The van der Waals surface area contributed by atoms with Gasteiger partial charge in [-0.25, -0.2) is 4.79 Å². The Morgan fingerprint density at radius 1 is 1.53 bits per heavy atom. The van der Waals surface area contributed by atoms with Crippen LogP contribution in [0.1, 0.15) is 6.92 Å². The van der Waals surface area contributed by atoms with Crippen molar-refractivity contribution in [3.8, 4) is 0 Å². The van der Waals surface area contributed by atoms with Crippen LogP contribution in [0.3, 0.4) is 0 Å². The summed E-state index contributed by atoms with van der Waals surface area (Å²) in [7, 11) is 2.73. The van der Waals surface area contributed by atoms with Crippen LogP contribution in [-0.4, -0.2) is 59.0 Å². The number of carbonyl (C=O) groups is 4. The van der Waals surface area contributed by atoms with Crippen molar-refractivity contribution in [1.29, 1.82) is 0 Å². The lowest BCUT2D eigenvalue weighted by Gasteiger charge is -2.09. The maximum atomic E-state index is 11.7. The number of rotatable bonds is 8. The van der Waals surface area contributed by atoms with Gasteiger partial charge in [0, 0.05) is 11.5 Å². The van der Waals surface area contributed by atoms with E-state index in [1.165, 1.54) is 28.5 Å². The first kappa shape index (κ1) is 16.0. The Balaban J connectivity index is 2.31. The maximum absolute atomic E-state index is 11.7. The average Bonchev–Trinajstić information content (AvgIpc) is 2.62. The van der Waals surface area contributed by atoms with Gasteiger partial charge in [0.15, 0.2) is 0 Å². The number of aldehydes is 1. The van der Waals surface area contributed by atoms with Crippen LogP contribution >= 0.6 is 21.6 Å². The third-order valence-corrected chi connectivity index (χ3v) is 4.90. The largest absolute Gasteiger partial charge is 0.325 e. The Kier molecular flexibility index (Phi) is 6.32. The average molecular weight is 305 g/mol. The Bertz CT molecular complexity index is 391. The van der Waals surface area contributed by atoms with E-state index < -0.39 is 24.0 Å². The molecule has 106 valence electrons. The van der Waals surface area contributed by atoms with Crippen molar-refractivity contribution in [1.82, 2.24) is 10.2 Å². The van der Waals surface area contributed by atoms with Crippen molar-refractivity contribution in [3.05, 3.63) is 0 Å². The van der Waals surface area contributed by atoms with E-state index in [4.69, 9.17) is 5.73 Å². The smallest absolute Gasteiger partial charge is 0.325 e. The zero-order chi connectivity index (χ0) is 14.4. The molecule has 0 saturated carbocycles. The number of hydrogen-bond acceptors (Lipinski definition) is 7. The molecular formula is C10H15N3O4S2. The number of carbonyl (C=O) groups excluding carboxylic acids is 4. The number of nitrogens with two attached hydrogens (primary N) is 1. The van der Waals surface area contributed by atoms with Crippen LogP contribution < -0.4 is 11.1 Å². The molecule has 3 N–H and O–H groups in total. The maximum Gasteiger partial charge on any atom is 0.325 e. The lowest BCUT2D eigenvalue weighted by atomic mass is 10.3. The molecule has 3 amide bonds. The van der Waals surface area contributed by atoms with Crippen LogP contribution in [0.25, 0.3) is 0 Å². The lowest BCUT2D eigenvalue weighted by molar-refractivity contribution is -0.128. The van der Waals surface area contributed by atoms with Crippen molar-refractivity contribution in [3.63, 3.8) is 0 Å². The second-order valence-corrected chi connectivity index (χ2v) is 6.46. The highest BCUT2D eigenvalue weighted by Crippen LogP contribution is 2.24. The third kappa shape index (κ3) is 4.51. The molecule has 1 saturated heterocycles. The zero-order valence-corrected chi connectivity index (χ0v) is 12.0. The van der Waals surface area contributed by atoms with Crippen molar-refractivity contribution in [2.24, 2.45) is 5.73 Å². The van der Waals surface area contributed by atoms with Gasteiger partial charge >= 0.3 is 6.03 Å². The van der Waals surface area contributed by atoms with Crippen LogP contribution in [0.4, 0.5) is 4.79 Å². The van der Waals surface area contributed by atoms with E-state index in [1.807, 2.05) is 0 Å². The quantitative estimate of drug-likeness (QED) is 0.267. The zero-order valence-electron chi connectivity index (χ0n) is 10.3. The lowest BCUT2D eigenvalue weighted by Crippen LogP contribution is -2.33. The van der Waals surface area contributed by atoms with Gasteiger partial charge in [-0.2, -0.15) is 0 Å². The SMILES string of the molecule is CC(=O)[C@@H](N)CSSC[C@@H]1NC(=O)N(CC=O)C1=O. The van der Waals surface area contributed by atoms with Crippen molar-refractivity contribution < 1.29 is 19.2 Å². The number of ketones is 1. The summed E-state index contributed by atoms with van der Waals surface area (Å²) in [6, 6.07) is -1.69. The first-order chi connectivity index (χ1) is 8.97. The molecule has 0 bridgehead atoms. The van der Waals surface area contributed by atoms with Gasteiger partial charge in [-0.3, -0.25) is 14.5 Å². The number of Topliss-reactive ketones (excluding diaryl/α,β-unsaturated/α-hetero) is 1. The molecular weight excluding hydrogens is 290 g/mol. The van der Waals surface area contributed by atoms with E-state index in [0.717, 1.165) is 4.90 Å². The van der Waals surface area contributed by atoms with E-state index in [-0.39, 0.29) is 12.3 Å². The molecule has 2 atom stereocenters. The summed E-state index contributed by atoms with van der Waals surface area (Å²) in [5.41, 5.74) is 5.55. The fraction of sp³-hybridized carbons (Fsp3) is 0.600. The van der Waals surface area contributed by atoms with Crippen molar-refractivity contribution >= 4 is 45.6 Å². The van der Waals surface area contributed by atoms with Gasteiger partial charge in [-0.1, -0.05) is 21.6 Å². The molecule has 1 fully saturated rings. The first-order valence-corrected chi connectivity index (χ1v) is 8.02. The molecule has 19 heavy (non-hydrogen) atoms. The second kappa shape index (κ2) is 7.51. The summed E-state index contributed by atoms with van der Waals surface area (Å²) in [5, 5.41) is 2.50. The minimum absolute atomic E-state index is 0.0875.